The molecule has 0 amide bonds. The number of ether oxygens (including phenoxy) is 1. The highest BCUT2D eigenvalue weighted by Gasteiger charge is 2.42. The lowest BCUT2D eigenvalue weighted by atomic mass is 9.76. The molecule has 72 valence electrons. The molecule has 0 saturated heterocycles. The SMILES string of the molecule is COC1(C#N)CCCC(C2CC2)C1. The van der Waals surface area contributed by atoms with Crippen molar-refractivity contribution in [2.45, 2.75) is 44.1 Å². The highest BCUT2D eigenvalue weighted by Crippen LogP contribution is 2.47. The molecule has 2 unspecified atom stereocenters. The Bertz CT molecular complexity index is 229. The Morgan fingerprint density at radius 3 is 2.62 bits per heavy atom. The molecule has 0 radical (unpaired) electrons. The van der Waals surface area contributed by atoms with Crippen molar-refractivity contribution in [1.82, 2.24) is 0 Å². The highest BCUT2D eigenvalue weighted by atomic mass is 16.5. The Hall–Kier alpha value is -0.550. The van der Waals surface area contributed by atoms with E-state index in [1.807, 2.05) is 0 Å². The highest BCUT2D eigenvalue weighted by molar-refractivity contribution is 5.06. The van der Waals surface area contributed by atoms with Crippen molar-refractivity contribution in [2.75, 3.05) is 7.11 Å². The van der Waals surface area contributed by atoms with Crippen LogP contribution in [-0.2, 0) is 4.74 Å². The summed E-state index contributed by atoms with van der Waals surface area (Å²) >= 11 is 0. The molecule has 0 bridgehead atoms. The molecule has 0 aromatic rings. The van der Waals surface area contributed by atoms with Crippen LogP contribution in [0.1, 0.15) is 38.5 Å². The number of nitriles is 1. The van der Waals surface area contributed by atoms with Crippen LogP contribution in [0.2, 0.25) is 0 Å². The van der Waals surface area contributed by atoms with Gasteiger partial charge >= 0.3 is 0 Å². The molecule has 2 rings (SSSR count). The summed E-state index contributed by atoms with van der Waals surface area (Å²) in [5.74, 6) is 1.69. The normalized spacial score (nSPS) is 39.8. The Morgan fingerprint density at radius 2 is 2.08 bits per heavy atom. The van der Waals surface area contributed by atoms with E-state index in [9.17, 15) is 0 Å². The molecule has 2 aliphatic rings. The Labute approximate surface area is 79.9 Å². The van der Waals surface area contributed by atoms with Crippen molar-refractivity contribution in [3.05, 3.63) is 0 Å². The smallest absolute Gasteiger partial charge is 0.154 e. The van der Waals surface area contributed by atoms with E-state index in [1.54, 1.807) is 7.11 Å². The van der Waals surface area contributed by atoms with Gasteiger partial charge in [-0.05, 0) is 50.4 Å². The number of methoxy groups -OCH3 is 1. The second kappa shape index (κ2) is 3.31. The fourth-order valence-electron chi connectivity index (χ4n) is 2.58. The van der Waals surface area contributed by atoms with Gasteiger partial charge in [-0.25, -0.2) is 0 Å². The lowest BCUT2D eigenvalue weighted by Gasteiger charge is -2.34. The van der Waals surface area contributed by atoms with Gasteiger partial charge in [0, 0.05) is 7.11 Å². The van der Waals surface area contributed by atoms with E-state index in [0.29, 0.717) is 0 Å². The third-order valence-electron chi connectivity index (χ3n) is 3.63. The van der Waals surface area contributed by atoms with Crippen LogP contribution in [0.4, 0.5) is 0 Å². The van der Waals surface area contributed by atoms with Gasteiger partial charge in [-0.3, -0.25) is 0 Å². The van der Waals surface area contributed by atoms with Crippen molar-refractivity contribution in [3.63, 3.8) is 0 Å². The van der Waals surface area contributed by atoms with Crippen LogP contribution >= 0.6 is 0 Å². The summed E-state index contributed by atoms with van der Waals surface area (Å²) in [5, 5.41) is 9.09. The van der Waals surface area contributed by atoms with Gasteiger partial charge in [0.05, 0.1) is 6.07 Å². The van der Waals surface area contributed by atoms with E-state index in [2.05, 4.69) is 6.07 Å². The second-order valence-electron chi connectivity index (χ2n) is 4.50. The van der Waals surface area contributed by atoms with Gasteiger partial charge in [0.15, 0.2) is 5.60 Å². The van der Waals surface area contributed by atoms with E-state index in [0.717, 1.165) is 24.7 Å². The minimum Gasteiger partial charge on any atom is -0.363 e. The standard InChI is InChI=1S/C11H17NO/c1-13-11(8-12)6-2-3-10(7-11)9-4-5-9/h9-10H,2-7H2,1H3. The first kappa shape index (κ1) is 9.02. The van der Waals surface area contributed by atoms with Gasteiger partial charge in [0.25, 0.3) is 0 Å². The van der Waals surface area contributed by atoms with E-state index < -0.39 is 5.60 Å². The van der Waals surface area contributed by atoms with Gasteiger partial charge in [0.2, 0.25) is 0 Å². The minimum absolute atomic E-state index is 0.439. The second-order valence-corrected chi connectivity index (χ2v) is 4.50. The first-order valence-corrected chi connectivity index (χ1v) is 5.26. The number of nitrogens with zero attached hydrogens (tertiary/aromatic N) is 1. The maximum absolute atomic E-state index is 9.09. The van der Waals surface area contributed by atoms with E-state index >= 15 is 0 Å². The number of hydrogen-bond acceptors (Lipinski definition) is 2. The molecule has 0 heterocycles. The summed E-state index contributed by atoms with van der Waals surface area (Å²) < 4.78 is 5.38. The molecule has 2 fully saturated rings. The van der Waals surface area contributed by atoms with Crippen molar-refractivity contribution >= 4 is 0 Å². The van der Waals surface area contributed by atoms with Gasteiger partial charge < -0.3 is 4.74 Å². The average molecular weight is 179 g/mol. The van der Waals surface area contributed by atoms with Crippen LogP contribution in [0, 0.1) is 23.2 Å². The molecule has 0 aromatic heterocycles. The molecule has 2 nitrogen and oxygen atoms in total. The molecule has 2 heteroatoms. The van der Waals surface area contributed by atoms with E-state index in [4.69, 9.17) is 10.00 Å². The minimum atomic E-state index is -0.439. The van der Waals surface area contributed by atoms with Crippen LogP contribution < -0.4 is 0 Å². The van der Waals surface area contributed by atoms with Crippen molar-refractivity contribution in [2.24, 2.45) is 11.8 Å². The Morgan fingerprint density at radius 1 is 1.31 bits per heavy atom. The zero-order valence-corrected chi connectivity index (χ0v) is 8.25. The Kier molecular flexibility index (Phi) is 2.29. The predicted octanol–water partition coefficient (Wildman–Crippen LogP) is 2.50. The van der Waals surface area contributed by atoms with Gasteiger partial charge in [-0.1, -0.05) is 0 Å². The third kappa shape index (κ3) is 1.71. The fourth-order valence-corrected chi connectivity index (χ4v) is 2.58. The lowest BCUT2D eigenvalue weighted by molar-refractivity contribution is -0.0126. The molecule has 0 spiro atoms. The summed E-state index contributed by atoms with van der Waals surface area (Å²) in [6.07, 6.45) is 7.17. The third-order valence-corrected chi connectivity index (χ3v) is 3.63. The van der Waals surface area contributed by atoms with Crippen molar-refractivity contribution < 1.29 is 4.74 Å². The van der Waals surface area contributed by atoms with Gasteiger partial charge in [-0.15, -0.1) is 0 Å². The average Bonchev–Trinajstić information content (AvgIpc) is 3.01. The predicted molar refractivity (Wildman–Crippen MR) is 50.0 cm³/mol. The maximum Gasteiger partial charge on any atom is 0.154 e. The maximum atomic E-state index is 9.09. The summed E-state index contributed by atoms with van der Waals surface area (Å²) in [6, 6.07) is 2.36. The quantitative estimate of drug-likeness (QED) is 0.652. The first-order chi connectivity index (χ1) is 6.29. The van der Waals surface area contributed by atoms with Crippen LogP contribution in [0.15, 0.2) is 0 Å². The van der Waals surface area contributed by atoms with Gasteiger partial charge in [-0.2, -0.15) is 5.26 Å². The van der Waals surface area contributed by atoms with Crippen molar-refractivity contribution in [1.29, 1.82) is 5.26 Å². The molecule has 0 N–H and O–H groups in total. The monoisotopic (exact) mass is 179 g/mol. The number of hydrogen-bond donors (Lipinski definition) is 0. The summed E-state index contributed by atoms with van der Waals surface area (Å²) in [6.45, 7) is 0. The van der Waals surface area contributed by atoms with Crippen LogP contribution in [0.25, 0.3) is 0 Å². The van der Waals surface area contributed by atoms with Crippen LogP contribution in [0.5, 0.6) is 0 Å². The molecular weight excluding hydrogens is 162 g/mol. The van der Waals surface area contributed by atoms with Crippen LogP contribution in [-0.4, -0.2) is 12.7 Å². The summed E-state index contributed by atoms with van der Waals surface area (Å²) in [4.78, 5) is 0. The molecule has 2 saturated carbocycles. The molecule has 13 heavy (non-hydrogen) atoms. The summed E-state index contributed by atoms with van der Waals surface area (Å²) in [5.41, 5.74) is -0.439. The molecule has 2 aliphatic carbocycles. The zero-order valence-electron chi connectivity index (χ0n) is 8.25. The molecular formula is C11H17NO. The fraction of sp³-hybridized carbons (Fsp3) is 0.909. The lowest BCUT2D eigenvalue weighted by Crippen LogP contribution is -2.36. The largest absolute Gasteiger partial charge is 0.363 e. The number of rotatable bonds is 2. The molecule has 0 aromatic carbocycles. The first-order valence-electron chi connectivity index (χ1n) is 5.26. The van der Waals surface area contributed by atoms with Crippen LogP contribution in [0.3, 0.4) is 0 Å². The molecule has 0 aliphatic heterocycles. The zero-order chi connectivity index (χ0) is 9.31. The van der Waals surface area contributed by atoms with Gasteiger partial charge in [0.1, 0.15) is 0 Å². The summed E-state index contributed by atoms with van der Waals surface area (Å²) in [7, 11) is 1.68. The van der Waals surface area contributed by atoms with E-state index in [-0.39, 0.29) is 0 Å². The van der Waals surface area contributed by atoms with E-state index in [1.165, 1.54) is 25.7 Å². The Balaban J connectivity index is 2.01. The topological polar surface area (TPSA) is 33.0 Å². The van der Waals surface area contributed by atoms with Crippen molar-refractivity contribution in [3.8, 4) is 6.07 Å². The molecule has 2 atom stereocenters.